The van der Waals surface area contributed by atoms with Crippen molar-refractivity contribution in [3.8, 4) is 11.3 Å². The molecule has 2 fully saturated rings. The average molecular weight is 526 g/mol. The largest absolute Gasteiger partial charge is 0.394 e. The number of rotatable bonds is 6. The highest BCUT2D eigenvalue weighted by molar-refractivity contribution is 5.86. The predicted molar refractivity (Wildman–Crippen MR) is 124 cm³/mol. The third kappa shape index (κ3) is 4.98. The minimum atomic E-state index is -1.58. The summed E-state index contributed by atoms with van der Waals surface area (Å²) in [4.78, 5) is 8.12. The number of aliphatic hydroxyl groups is 2. The average Bonchev–Trinajstić information content (AvgIpc) is 3.52. The maximum Gasteiger partial charge on any atom is 0.194 e. The molecule has 4 heterocycles. The summed E-state index contributed by atoms with van der Waals surface area (Å²) in [6.07, 6.45) is 0.602. The molecule has 0 amide bonds. The van der Waals surface area contributed by atoms with Crippen LogP contribution in [0, 0.1) is 17.5 Å². The van der Waals surface area contributed by atoms with Crippen LogP contribution in [0.25, 0.3) is 11.3 Å². The van der Waals surface area contributed by atoms with Crippen molar-refractivity contribution in [3.05, 3.63) is 35.8 Å². The van der Waals surface area contributed by atoms with E-state index < -0.39 is 54.5 Å². The van der Waals surface area contributed by atoms with Crippen molar-refractivity contribution in [1.82, 2.24) is 19.9 Å². The van der Waals surface area contributed by atoms with Crippen molar-refractivity contribution < 1.29 is 37.7 Å². The van der Waals surface area contributed by atoms with E-state index in [-0.39, 0.29) is 16.9 Å². The second-order valence-corrected chi connectivity index (χ2v) is 10.0. The van der Waals surface area contributed by atoms with Crippen molar-refractivity contribution in [2.24, 2.45) is 5.16 Å². The Morgan fingerprint density at radius 2 is 1.86 bits per heavy atom. The van der Waals surface area contributed by atoms with Gasteiger partial charge in [-0.25, -0.2) is 17.9 Å². The molecule has 202 valence electrons. The van der Waals surface area contributed by atoms with Gasteiger partial charge in [0.25, 0.3) is 0 Å². The van der Waals surface area contributed by atoms with E-state index in [1.165, 1.54) is 18.0 Å². The molecule has 3 aliphatic heterocycles. The van der Waals surface area contributed by atoms with Crippen LogP contribution < -0.4 is 0 Å². The zero-order valence-corrected chi connectivity index (χ0v) is 20.6. The van der Waals surface area contributed by atoms with Gasteiger partial charge < -0.3 is 29.4 Å². The van der Waals surface area contributed by atoms with E-state index in [2.05, 4.69) is 27.4 Å². The van der Waals surface area contributed by atoms with Gasteiger partial charge in [-0.3, -0.25) is 0 Å². The number of hydrogen-bond donors (Lipinski definition) is 2. The topological polar surface area (TPSA) is 114 Å². The Balaban J connectivity index is 1.37. The lowest BCUT2D eigenvalue weighted by atomic mass is 9.84. The molecule has 1 aromatic heterocycles. The van der Waals surface area contributed by atoms with Crippen molar-refractivity contribution in [3.63, 3.8) is 0 Å². The molecule has 0 radical (unpaired) electrons. The molecule has 3 aliphatic rings. The first-order chi connectivity index (χ1) is 17.7. The van der Waals surface area contributed by atoms with Crippen LogP contribution in [0.4, 0.5) is 13.2 Å². The van der Waals surface area contributed by atoms with Crippen LogP contribution in [0.15, 0.2) is 23.5 Å². The summed E-state index contributed by atoms with van der Waals surface area (Å²) in [7, 11) is 3.54. The standard InChI is InChI=1S/C24H30F3N5O5/c1-31-5-3-24(4-6-31)10-14(29-37-24)9-18-23(35-2)21(22(34)19(12-33)36-18)32-11-17(28-30-32)13-7-15(25)20(27)16(26)8-13/h7-8,11,18-19,21-23,33-34H,3-6,9-10,12H2,1-2H3/t18-,19-,21+,22+,23+/m1/s1. The molecule has 0 aliphatic carbocycles. The zero-order valence-electron chi connectivity index (χ0n) is 20.6. The Morgan fingerprint density at radius 1 is 1.16 bits per heavy atom. The van der Waals surface area contributed by atoms with Gasteiger partial charge in [0.1, 0.15) is 35.6 Å². The number of nitrogens with zero attached hydrogens (tertiary/aromatic N) is 5. The predicted octanol–water partition coefficient (Wildman–Crippen LogP) is 1.67. The van der Waals surface area contributed by atoms with Gasteiger partial charge in [0.2, 0.25) is 0 Å². The van der Waals surface area contributed by atoms with Gasteiger partial charge in [-0.2, -0.15) is 0 Å². The molecule has 0 bridgehead atoms. The van der Waals surface area contributed by atoms with Crippen LogP contribution in [0.5, 0.6) is 0 Å². The van der Waals surface area contributed by atoms with Gasteiger partial charge >= 0.3 is 0 Å². The van der Waals surface area contributed by atoms with E-state index in [9.17, 15) is 23.4 Å². The Bertz CT molecular complexity index is 1130. The number of halogens is 3. The summed E-state index contributed by atoms with van der Waals surface area (Å²) >= 11 is 0. The number of hydrogen-bond acceptors (Lipinski definition) is 9. The summed E-state index contributed by atoms with van der Waals surface area (Å²) < 4.78 is 54.0. The fourth-order valence-corrected chi connectivity index (χ4v) is 5.42. The van der Waals surface area contributed by atoms with E-state index in [0.717, 1.165) is 43.8 Å². The number of benzene rings is 1. The molecule has 1 spiro atoms. The molecular formula is C24H30F3N5O5. The molecule has 5 rings (SSSR count). The lowest BCUT2D eigenvalue weighted by Gasteiger charge is -2.43. The molecule has 10 nitrogen and oxygen atoms in total. The molecule has 5 atom stereocenters. The summed E-state index contributed by atoms with van der Waals surface area (Å²) in [6, 6.07) is 0.784. The monoisotopic (exact) mass is 525 g/mol. The van der Waals surface area contributed by atoms with Gasteiger partial charge in [-0.1, -0.05) is 10.4 Å². The van der Waals surface area contributed by atoms with Crippen molar-refractivity contribution >= 4 is 5.71 Å². The first kappa shape index (κ1) is 26.0. The molecule has 2 saturated heterocycles. The molecule has 2 aromatic rings. The minimum absolute atomic E-state index is 0.0192. The number of aliphatic hydroxyl groups excluding tert-OH is 2. The van der Waals surface area contributed by atoms with Crippen LogP contribution in [0.1, 0.15) is 31.7 Å². The number of methoxy groups -OCH3 is 1. The number of likely N-dealkylation sites (tertiary alicyclic amines) is 1. The molecular weight excluding hydrogens is 495 g/mol. The second kappa shape index (κ2) is 10.3. The van der Waals surface area contributed by atoms with Crippen molar-refractivity contribution in [1.29, 1.82) is 0 Å². The zero-order chi connectivity index (χ0) is 26.3. The smallest absolute Gasteiger partial charge is 0.194 e. The Kier molecular flexibility index (Phi) is 7.24. The number of oxime groups is 1. The maximum atomic E-state index is 13.8. The summed E-state index contributed by atoms with van der Waals surface area (Å²) in [5, 5.41) is 33.3. The summed E-state index contributed by atoms with van der Waals surface area (Å²) in [6.45, 7) is 1.38. The number of aromatic nitrogens is 3. The highest BCUT2D eigenvalue weighted by atomic mass is 19.2. The first-order valence-electron chi connectivity index (χ1n) is 12.2. The van der Waals surface area contributed by atoms with Crippen LogP contribution >= 0.6 is 0 Å². The highest BCUT2D eigenvalue weighted by Gasteiger charge is 2.49. The van der Waals surface area contributed by atoms with Crippen LogP contribution in [0.2, 0.25) is 0 Å². The third-order valence-electron chi connectivity index (χ3n) is 7.56. The van der Waals surface area contributed by atoms with Crippen molar-refractivity contribution in [2.75, 3.05) is 33.9 Å². The Hall–Kier alpha value is -2.58. The third-order valence-corrected chi connectivity index (χ3v) is 7.56. The van der Waals surface area contributed by atoms with Crippen LogP contribution in [-0.2, 0) is 14.3 Å². The van der Waals surface area contributed by atoms with E-state index in [4.69, 9.17) is 14.3 Å². The molecule has 0 saturated carbocycles. The van der Waals surface area contributed by atoms with E-state index in [1.807, 2.05) is 0 Å². The fraction of sp³-hybridized carbons (Fsp3) is 0.625. The van der Waals surface area contributed by atoms with E-state index >= 15 is 0 Å². The fourth-order valence-electron chi connectivity index (χ4n) is 5.42. The molecule has 1 aromatic carbocycles. The summed E-state index contributed by atoms with van der Waals surface area (Å²) in [5.74, 6) is -4.29. The van der Waals surface area contributed by atoms with Crippen molar-refractivity contribution in [2.45, 2.75) is 61.7 Å². The maximum absolute atomic E-state index is 13.8. The van der Waals surface area contributed by atoms with Gasteiger partial charge in [0, 0.05) is 51.4 Å². The normalized spacial score (nSPS) is 29.9. The SMILES string of the molecule is CO[C@@H]1[C@@H](n2cc(-c3cc(F)c(F)c(F)c3)nn2)[C@@H](O)[C@@H](CO)O[C@@H]1CC1=NOC2(CCN(C)CC2)C1. The molecule has 0 unspecified atom stereocenters. The molecule has 13 heteroatoms. The van der Waals surface area contributed by atoms with Gasteiger partial charge in [-0.15, -0.1) is 5.10 Å². The number of ether oxygens (including phenoxy) is 2. The van der Waals surface area contributed by atoms with Crippen LogP contribution in [0.3, 0.4) is 0 Å². The second-order valence-electron chi connectivity index (χ2n) is 10.0. The molecule has 37 heavy (non-hydrogen) atoms. The lowest BCUT2D eigenvalue weighted by Crippen LogP contribution is -2.57. The Morgan fingerprint density at radius 3 is 2.51 bits per heavy atom. The molecule has 2 N–H and O–H groups in total. The highest BCUT2D eigenvalue weighted by Crippen LogP contribution is 2.38. The summed E-state index contributed by atoms with van der Waals surface area (Å²) in [5.41, 5.74) is 0.532. The number of piperidine rings is 1. The lowest BCUT2D eigenvalue weighted by molar-refractivity contribution is -0.210. The first-order valence-corrected chi connectivity index (χ1v) is 12.2. The van der Waals surface area contributed by atoms with E-state index in [1.54, 1.807) is 0 Å². The quantitative estimate of drug-likeness (QED) is 0.548. The van der Waals surface area contributed by atoms with Gasteiger partial charge in [0.15, 0.2) is 17.5 Å². The Labute approximate surface area is 211 Å². The van der Waals surface area contributed by atoms with Crippen LogP contribution in [-0.4, -0.2) is 99.7 Å². The van der Waals surface area contributed by atoms with E-state index in [0.29, 0.717) is 12.8 Å². The van der Waals surface area contributed by atoms with Gasteiger partial charge in [-0.05, 0) is 19.2 Å². The minimum Gasteiger partial charge on any atom is -0.394 e. The van der Waals surface area contributed by atoms with Gasteiger partial charge in [0.05, 0.1) is 24.6 Å².